The van der Waals surface area contributed by atoms with Crippen LogP contribution in [0.15, 0.2) is 170 Å². The van der Waals surface area contributed by atoms with Crippen LogP contribution in [0.25, 0.3) is 38.6 Å². The fraction of sp³-hybridized carbons (Fsp3) is 0. The number of fused-ring (bicyclic) bond motifs is 3. The highest BCUT2D eigenvalue weighted by Crippen LogP contribution is 2.37. The Morgan fingerprint density at radius 1 is 0.460 bits per heavy atom. The van der Waals surface area contributed by atoms with Crippen molar-refractivity contribution in [1.29, 1.82) is 15.8 Å². The number of hydrogen-bond donors (Lipinski definition) is 0. The Hall–Kier alpha value is -6.97. The quantitative estimate of drug-likeness (QED) is 0.138. The Bertz CT molecular complexity index is 2580. The maximum Gasteiger partial charge on any atom is 0.180 e. The summed E-state index contributed by atoms with van der Waals surface area (Å²) >= 11 is 0. The van der Waals surface area contributed by atoms with Crippen molar-refractivity contribution in [3.63, 3.8) is 0 Å². The van der Waals surface area contributed by atoms with Crippen molar-refractivity contribution in [3.05, 3.63) is 187 Å². The molecule has 0 unspecified atom stereocenters. The van der Waals surface area contributed by atoms with E-state index in [1.165, 1.54) is 15.6 Å². The van der Waals surface area contributed by atoms with E-state index >= 15 is 0 Å². The van der Waals surface area contributed by atoms with Crippen molar-refractivity contribution >= 4 is 50.6 Å². The van der Waals surface area contributed by atoms with Crippen molar-refractivity contribution in [2.45, 2.75) is 0 Å². The van der Waals surface area contributed by atoms with Crippen LogP contribution in [0, 0.1) is 34.0 Å². The third-order valence-corrected chi connectivity index (χ3v) is 14.5. The van der Waals surface area contributed by atoms with E-state index in [1.807, 2.05) is 78.9 Å². The summed E-state index contributed by atoms with van der Waals surface area (Å²) < 4.78 is 2.09. The number of para-hydroxylation sites is 1. The molecule has 0 amide bonds. The fourth-order valence-corrected chi connectivity index (χ4v) is 12.6. The van der Waals surface area contributed by atoms with Crippen molar-refractivity contribution < 1.29 is 0 Å². The van der Waals surface area contributed by atoms with Crippen molar-refractivity contribution in [3.8, 4) is 35.0 Å². The second kappa shape index (κ2) is 12.6. The second-order valence-electron chi connectivity index (χ2n) is 12.2. The summed E-state index contributed by atoms with van der Waals surface area (Å²) in [6.45, 7) is 0. The highest BCUT2D eigenvalue weighted by molar-refractivity contribution is 7.20. The van der Waals surface area contributed by atoms with E-state index in [9.17, 15) is 15.8 Å². The fourth-order valence-electron chi connectivity index (χ4n) is 7.63. The van der Waals surface area contributed by atoms with Crippen LogP contribution in [0.5, 0.6) is 0 Å². The summed E-state index contributed by atoms with van der Waals surface area (Å²) in [5, 5.41) is 38.1. The maximum absolute atomic E-state index is 11.1. The Morgan fingerprint density at radius 3 is 1.62 bits per heavy atom. The van der Waals surface area contributed by atoms with Gasteiger partial charge in [0.15, 0.2) is 8.07 Å². The lowest BCUT2D eigenvalue weighted by Crippen LogP contribution is -2.75. The van der Waals surface area contributed by atoms with E-state index < -0.39 is 8.07 Å². The van der Waals surface area contributed by atoms with Gasteiger partial charge in [-0.2, -0.15) is 15.8 Å². The first-order valence-electron chi connectivity index (χ1n) is 16.4. The van der Waals surface area contributed by atoms with Gasteiger partial charge in [0.05, 0.1) is 45.5 Å². The number of benzene rings is 7. The summed E-state index contributed by atoms with van der Waals surface area (Å²) in [6.07, 6.45) is 0. The van der Waals surface area contributed by atoms with Crippen LogP contribution < -0.4 is 20.7 Å². The molecule has 0 atom stereocenters. The second-order valence-corrected chi connectivity index (χ2v) is 16.0. The normalized spacial score (nSPS) is 11.1. The van der Waals surface area contributed by atoms with Crippen LogP contribution in [0.1, 0.15) is 16.7 Å². The predicted molar refractivity (Wildman–Crippen MR) is 204 cm³/mol. The monoisotopic (exact) mass is 652 g/mol. The molecule has 0 aliphatic rings. The van der Waals surface area contributed by atoms with Gasteiger partial charge >= 0.3 is 0 Å². The minimum absolute atomic E-state index is 0.417. The first-order valence-corrected chi connectivity index (χ1v) is 18.4. The van der Waals surface area contributed by atoms with E-state index in [1.54, 1.807) is 0 Å². The van der Waals surface area contributed by atoms with Gasteiger partial charge in [0.2, 0.25) is 0 Å². The summed E-state index contributed by atoms with van der Waals surface area (Å²) in [6, 6.07) is 65.0. The first-order chi connectivity index (χ1) is 24.7. The molecule has 0 radical (unpaired) electrons. The smallest absolute Gasteiger partial charge is 0.180 e. The zero-order valence-electron chi connectivity index (χ0n) is 27.0. The molecule has 50 heavy (non-hydrogen) atoms. The molecule has 0 aliphatic heterocycles. The molecule has 0 bridgehead atoms. The average Bonchev–Trinajstić information content (AvgIpc) is 3.52. The first kappa shape index (κ1) is 30.4. The van der Waals surface area contributed by atoms with Crippen LogP contribution in [0.2, 0.25) is 0 Å². The molecule has 0 saturated heterocycles. The molecule has 0 spiro atoms. The topological polar surface area (TPSA) is 76.3 Å². The van der Waals surface area contributed by atoms with Crippen molar-refractivity contribution in [1.82, 2.24) is 4.57 Å². The van der Waals surface area contributed by atoms with Gasteiger partial charge in [-0.1, -0.05) is 133 Å². The summed E-state index contributed by atoms with van der Waals surface area (Å²) in [5.74, 6) is 0. The molecule has 0 saturated carbocycles. The Morgan fingerprint density at radius 2 is 1.02 bits per heavy atom. The van der Waals surface area contributed by atoms with Crippen LogP contribution in [0.4, 0.5) is 0 Å². The Balaban J connectivity index is 1.51. The third-order valence-electron chi connectivity index (χ3n) is 9.68. The molecule has 4 nitrogen and oxygen atoms in total. The van der Waals surface area contributed by atoms with Gasteiger partial charge in [0, 0.05) is 16.3 Å². The molecule has 0 fully saturated rings. The minimum atomic E-state index is -3.04. The van der Waals surface area contributed by atoms with E-state index in [2.05, 4.69) is 114 Å². The largest absolute Gasteiger partial charge is 0.308 e. The van der Waals surface area contributed by atoms with Crippen molar-refractivity contribution in [2.24, 2.45) is 0 Å². The zero-order valence-corrected chi connectivity index (χ0v) is 28.0. The van der Waals surface area contributed by atoms with Gasteiger partial charge in [0.1, 0.15) is 6.07 Å². The van der Waals surface area contributed by atoms with Gasteiger partial charge in [-0.25, -0.2) is 0 Å². The molecule has 8 aromatic rings. The summed E-state index contributed by atoms with van der Waals surface area (Å²) in [7, 11) is -3.04. The maximum atomic E-state index is 11.1. The molecule has 1 aromatic heterocycles. The van der Waals surface area contributed by atoms with Crippen LogP contribution >= 0.6 is 0 Å². The third kappa shape index (κ3) is 4.64. The van der Waals surface area contributed by atoms with E-state index in [4.69, 9.17) is 0 Å². The summed E-state index contributed by atoms with van der Waals surface area (Å²) in [4.78, 5) is 0. The molecular weight excluding hydrogens is 625 g/mol. The summed E-state index contributed by atoms with van der Waals surface area (Å²) in [5.41, 5.74) is 5.37. The molecule has 0 N–H and O–H groups in total. The van der Waals surface area contributed by atoms with Crippen LogP contribution in [0.3, 0.4) is 0 Å². The molecule has 5 heteroatoms. The van der Waals surface area contributed by atoms with Gasteiger partial charge in [-0.3, -0.25) is 0 Å². The number of nitrogens with zero attached hydrogens (tertiary/aromatic N) is 4. The molecule has 1 heterocycles. The Kier molecular flexibility index (Phi) is 7.63. The molecule has 8 rings (SSSR count). The lowest BCUT2D eigenvalue weighted by atomic mass is 9.93. The van der Waals surface area contributed by atoms with E-state index in [-0.39, 0.29) is 0 Å². The number of aromatic nitrogens is 1. The van der Waals surface area contributed by atoms with Gasteiger partial charge < -0.3 is 4.57 Å². The predicted octanol–water partition coefficient (Wildman–Crippen LogP) is 7.44. The molecular formula is C45H28N4Si. The molecule has 0 aliphatic carbocycles. The van der Waals surface area contributed by atoms with Crippen LogP contribution in [-0.4, -0.2) is 12.6 Å². The molecule has 232 valence electrons. The Labute approximate surface area is 291 Å². The van der Waals surface area contributed by atoms with Crippen LogP contribution in [-0.2, 0) is 0 Å². The van der Waals surface area contributed by atoms with Crippen molar-refractivity contribution in [2.75, 3.05) is 0 Å². The average molecular weight is 653 g/mol. The molecule has 7 aromatic carbocycles. The van der Waals surface area contributed by atoms with Gasteiger partial charge in [-0.15, -0.1) is 0 Å². The van der Waals surface area contributed by atoms with Gasteiger partial charge in [0.25, 0.3) is 0 Å². The van der Waals surface area contributed by atoms with E-state index in [0.29, 0.717) is 27.9 Å². The number of nitriles is 3. The SMILES string of the molecule is N#Cc1ccc2c(c1)c1ccccc1n2-c1ccc(C#N)c(-c2ccccc2[Si](c2ccccc2)(c2ccccc2)c2ccccc2)c1C#N. The number of rotatable bonds is 6. The standard InChI is InChI=1S/C45H28N4Si/c46-29-32-24-26-42-39(28-32)37-20-10-12-22-41(37)49(42)43-27-25-33(30-47)45(40(43)31-48)38-21-11-13-23-44(38)50(34-14-4-1-5-15-34,35-16-6-2-7-17-35)36-18-8-3-9-19-36/h1-28H. The van der Waals surface area contributed by atoms with Gasteiger partial charge in [-0.05, 0) is 62.7 Å². The lowest BCUT2D eigenvalue weighted by Gasteiger charge is -2.36. The zero-order chi connectivity index (χ0) is 34.1. The highest BCUT2D eigenvalue weighted by atomic mass is 28.3. The highest BCUT2D eigenvalue weighted by Gasteiger charge is 2.43. The van der Waals surface area contributed by atoms with E-state index in [0.717, 1.165) is 32.6 Å². The lowest BCUT2D eigenvalue weighted by molar-refractivity contribution is 1.17. The minimum Gasteiger partial charge on any atom is -0.308 e. The number of hydrogen-bond acceptors (Lipinski definition) is 3.